The van der Waals surface area contributed by atoms with Crippen molar-refractivity contribution < 1.29 is 19.1 Å². The zero-order valence-electron chi connectivity index (χ0n) is 17.4. The van der Waals surface area contributed by atoms with Crippen LogP contribution in [0.4, 0.5) is 0 Å². The molecule has 0 spiro atoms. The Labute approximate surface area is 177 Å². The second-order valence-electron chi connectivity index (χ2n) is 7.37. The first-order chi connectivity index (χ1) is 14.6. The summed E-state index contributed by atoms with van der Waals surface area (Å²) >= 11 is 0. The Morgan fingerprint density at radius 2 is 1.73 bits per heavy atom. The van der Waals surface area contributed by atoms with Gasteiger partial charge in [0.2, 0.25) is 5.91 Å². The quantitative estimate of drug-likeness (QED) is 0.691. The monoisotopic (exact) mass is 408 g/mol. The van der Waals surface area contributed by atoms with Gasteiger partial charge in [0.25, 0.3) is 5.91 Å². The molecule has 6 heteroatoms. The van der Waals surface area contributed by atoms with Crippen molar-refractivity contribution in [3.05, 3.63) is 71.3 Å². The minimum atomic E-state index is -0.150. The largest absolute Gasteiger partial charge is 0.497 e. The lowest BCUT2D eigenvalue weighted by molar-refractivity contribution is -0.116. The molecule has 6 nitrogen and oxygen atoms in total. The van der Waals surface area contributed by atoms with Crippen LogP contribution >= 0.6 is 0 Å². The molecular formula is C24H28N2O4. The van der Waals surface area contributed by atoms with E-state index in [1.165, 1.54) is 11.6 Å². The van der Waals surface area contributed by atoms with Crippen LogP contribution in [0.1, 0.15) is 34.3 Å². The van der Waals surface area contributed by atoms with Gasteiger partial charge < -0.3 is 20.1 Å². The first-order valence-corrected chi connectivity index (χ1v) is 10.1. The van der Waals surface area contributed by atoms with Crippen LogP contribution in [0.25, 0.3) is 6.08 Å². The third-order valence-electron chi connectivity index (χ3n) is 5.58. The van der Waals surface area contributed by atoms with E-state index in [0.29, 0.717) is 25.3 Å². The number of rotatable bonds is 7. The van der Waals surface area contributed by atoms with Gasteiger partial charge in [-0.2, -0.15) is 0 Å². The van der Waals surface area contributed by atoms with Crippen LogP contribution in [0.3, 0.4) is 0 Å². The summed E-state index contributed by atoms with van der Waals surface area (Å²) in [5.74, 6) is 0.531. The average Bonchev–Trinajstić information content (AvgIpc) is 2.82. The molecule has 0 saturated carbocycles. The molecule has 0 aromatic heterocycles. The van der Waals surface area contributed by atoms with Crippen LogP contribution in [0.2, 0.25) is 0 Å². The molecule has 1 aliphatic rings. The lowest BCUT2D eigenvalue weighted by atomic mass is 9.74. The highest BCUT2D eigenvalue weighted by Crippen LogP contribution is 2.35. The van der Waals surface area contributed by atoms with Gasteiger partial charge in [-0.3, -0.25) is 9.59 Å². The molecule has 1 aliphatic heterocycles. The van der Waals surface area contributed by atoms with Crippen molar-refractivity contribution in [2.75, 3.05) is 33.9 Å². The normalized spacial score (nSPS) is 15.5. The fourth-order valence-corrected chi connectivity index (χ4v) is 3.65. The molecule has 0 radical (unpaired) electrons. The van der Waals surface area contributed by atoms with Crippen molar-refractivity contribution in [1.82, 2.24) is 10.6 Å². The number of ether oxygens (including phenoxy) is 2. The second-order valence-corrected chi connectivity index (χ2v) is 7.37. The molecule has 0 unspecified atom stereocenters. The number of carbonyl (C=O) groups is 2. The summed E-state index contributed by atoms with van der Waals surface area (Å²) in [5, 5.41) is 5.64. The minimum Gasteiger partial charge on any atom is -0.497 e. The van der Waals surface area contributed by atoms with Crippen LogP contribution in [-0.4, -0.2) is 45.7 Å². The van der Waals surface area contributed by atoms with Crippen molar-refractivity contribution in [2.24, 2.45) is 0 Å². The number of carbonyl (C=O) groups excluding carboxylic acids is 2. The average molecular weight is 408 g/mol. The maximum atomic E-state index is 12.4. The van der Waals surface area contributed by atoms with Crippen LogP contribution in [0, 0.1) is 0 Å². The van der Waals surface area contributed by atoms with Gasteiger partial charge in [0, 0.05) is 43.9 Å². The summed E-state index contributed by atoms with van der Waals surface area (Å²) in [4.78, 5) is 24.0. The maximum absolute atomic E-state index is 12.4. The zero-order chi connectivity index (χ0) is 21.4. The number of amides is 2. The summed E-state index contributed by atoms with van der Waals surface area (Å²) in [6, 6.07) is 15.1. The van der Waals surface area contributed by atoms with E-state index in [1.54, 1.807) is 32.4 Å². The van der Waals surface area contributed by atoms with E-state index in [4.69, 9.17) is 9.47 Å². The fraction of sp³-hybridized carbons (Fsp3) is 0.333. The van der Waals surface area contributed by atoms with Gasteiger partial charge in [0.05, 0.1) is 7.11 Å². The van der Waals surface area contributed by atoms with Gasteiger partial charge in [0.1, 0.15) is 5.75 Å². The van der Waals surface area contributed by atoms with E-state index >= 15 is 0 Å². The van der Waals surface area contributed by atoms with Crippen LogP contribution in [0.15, 0.2) is 54.6 Å². The third kappa shape index (κ3) is 5.27. The molecule has 2 aromatic rings. The van der Waals surface area contributed by atoms with Gasteiger partial charge >= 0.3 is 0 Å². The van der Waals surface area contributed by atoms with Crippen molar-refractivity contribution in [1.29, 1.82) is 0 Å². The molecule has 158 valence electrons. The zero-order valence-corrected chi connectivity index (χ0v) is 17.4. The summed E-state index contributed by atoms with van der Waals surface area (Å²) in [6.07, 6.45) is 4.97. The van der Waals surface area contributed by atoms with Gasteiger partial charge in [-0.25, -0.2) is 0 Å². The predicted molar refractivity (Wildman–Crippen MR) is 117 cm³/mol. The Balaban J connectivity index is 1.64. The smallest absolute Gasteiger partial charge is 0.251 e. The van der Waals surface area contributed by atoms with Crippen molar-refractivity contribution >= 4 is 17.9 Å². The maximum Gasteiger partial charge on any atom is 0.251 e. The van der Waals surface area contributed by atoms with Crippen LogP contribution in [0.5, 0.6) is 5.75 Å². The molecular weight excluding hydrogens is 380 g/mol. The van der Waals surface area contributed by atoms with Crippen molar-refractivity contribution in [3.63, 3.8) is 0 Å². The third-order valence-corrected chi connectivity index (χ3v) is 5.58. The fourth-order valence-electron chi connectivity index (χ4n) is 3.65. The molecule has 1 fully saturated rings. The molecule has 1 saturated heterocycles. The van der Waals surface area contributed by atoms with Gasteiger partial charge in [0.15, 0.2) is 0 Å². The van der Waals surface area contributed by atoms with E-state index in [9.17, 15) is 9.59 Å². The highest BCUT2D eigenvalue weighted by atomic mass is 16.5. The van der Waals surface area contributed by atoms with E-state index in [1.807, 2.05) is 24.3 Å². The topological polar surface area (TPSA) is 76.7 Å². The van der Waals surface area contributed by atoms with E-state index in [2.05, 4.69) is 22.8 Å². The van der Waals surface area contributed by atoms with Gasteiger partial charge in [-0.1, -0.05) is 24.3 Å². The molecule has 2 N–H and O–H groups in total. The number of hydrogen-bond acceptors (Lipinski definition) is 4. The first kappa shape index (κ1) is 21.6. The Kier molecular flexibility index (Phi) is 7.25. The summed E-state index contributed by atoms with van der Waals surface area (Å²) in [5.41, 5.74) is 2.47. The Morgan fingerprint density at radius 3 is 2.33 bits per heavy atom. The Bertz CT molecular complexity index is 882. The minimum absolute atomic E-state index is 0.136. The Morgan fingerprint density at radius 1 is 1.07 bits per heavy atom. The van der Waals surface area contributed by atoms with E-state index in [-0.39, 0.29) is 17.2 Å². The molecule has 0 aliphatic carbocycles. The molecule has 0 bridgehead atoms. The lowest BCUT2D eigenvalue weighted by Gasteiger charge is -2.38. The van der Waals surface area contributed by atoms with Crippen LogP contribution in [-0.2, 0) is 14.9 Å². The summed E-state index contributed by atoms with van der Waals surface area (Å²) in [6.45, 7) is 1.90. The predicted octanol–water partition coefficient (Wildman–Crippen LogP) is 2.93. The standard InChI is InChI=1S/C24H28N2O4/c1-25-23(28)19-6-3-18(4-7-19)5-12-22(27)26-17-24(13-15-30-16-14-24)20-8-10-21(29-2)11-9-20/h3-12H,13-17H2,1-2H3,(H,25,28)(H,26,27). The number of hydrogen-bond donors (Lipinski definition) is 2. The summed E-state index contributed by atoms with van der Waals surface area (Å²) < 4.78 is 10.8. The molecule has 2 aromatic carbocycles. The van der Waals surface area contributed by atoms with Crippen molar-refractivity contribution in [3.8, 4) is 5.75 Å². The first-order valence-electron chi connectivity index (χ1n) is 10.1. The molecule has 1 heterocycles. The molecule has 0 atom stereocenters. The highest BCUT2D eigenvalue weighted by Gasteiger charge is 2.34. The summed E-state index contributed by atoms with van der Waals surface area (Å²) in [7, 11) is 3.25. The number of nitrogens with one attached hydrogen (secondary N) is 2. The SMILES string of the molecule is CNC(=O)c1ccc(C=CC(=O)NCC2(c3ccc(OC)cc3)CCOCC2)cc1. The van der Waals surface area contributed by atoms with Crippen molar-refractivity contribution in [2.45, 2.75) is 18.3 Å². The van der Waals surface area contributed by atoms with Crippen LogP contribution < -0.4 is 15.4 Å². The number of benzene rings is 2. The van der Waals surface area contributed by atoms with Gasteiger partial charge in [-0.15, -0.1) is 0 Å². The molecule has 2 amide bonds. The molecule has 3 rings (SSSR count). The van der Waals surface area contributed by atoms with E-state index in [0.717, 1.165) is 24.2 Å². The highest BCUT2D eigenvalue weighted by molar-refractivity contribution is 5.94. The Hall–Kier alpha value is -3.12. The van der Waals surface area contributed by atoms with E-state index < -0.39 is 0 Å². The second kappa shape index (κ2) is 10.1. The number of methoxy groups -OCH3 is 1. The molecule has 30 heavy (non-hydrogen) atoms. The lowest BCUT2D eigenvalue weighted by Crippen LogP contribution is -2.44. The van der Waals surface area contributed by atoms with Gasteiger partial charge in [-0.05, 0) is 54.3 Å².